The second-order valence-corrected chi connectivity index (χ2v) is 10.8. The lowest BCUT2D eigenvalue weighted by molar-refractivity contribution is -0.140. The molecule has 0 aliphatic carbocycles. The highest BCUT2D eigenvalue weighted by molar-refractivity contribution is 7.89. The van der Waals surface area contributed by atoms with Crippen molar-refractivity contribution in [3.05, 3.63) is 107 Å². The molecule has 4 aromatic rings. The van der Waals surface area contributed by atoms with E-state index in [1.54, 1.807) is 47.9 Å². The van der Waals surface area contributed by atoms with Crippen LogP contribution in [-0.2, 0) is 39.1 Å². The molecule has 180 valence electrons. The molecule has 1 aromatic heterocycles. The standard InChI is InChI=1S/C27H26N2O4S2/c1-33-26(30)15-12-21-6-5-7-23(18-21)20-29(35(31,32)25-8-3-2-4-9-25)19-22-10-13-24(14-11-22)27-28-16-17-34-27/h2-11,13-14,16-18H,12,15,19-20H2,1H3. The average Bonchev–Trinajstić information content (AvgIpc) is 3.43. The van der Waals surface area contributed by atoms with Crippen LogP contribution in [0.5, 0.6) is 0 Å². The molecule has 0 spiro atoms. The molecule has 0 aliphatic rings. The highest BCUT2D eigenvalue weighted by atomic mass is 32.2. The van der Waals surface area contributed by atoms with E-state index in [-0.39, 0.29) is 30.4 Å². The Hall–Kier alpha value is -3.33. The molecule has 0 amide bonds. The normalized spacial score (nSPS) is 11.5. The van der Waals surface area contributed by atoms with Crippen LogP contribution in [0.2, 0.25) is 0 Å². The van der Waals surface area contributed by atoms with E-state index in [0.717, 1.165) is 27.3 Å². The molecule has 0 radical (unpaired) electrons. The number of aromatic nitrogens is 1. The molecule has 0 fully saturated rings. The van der Waals surface area contributed by atoms with E-state index in [4.69, 9.17) is 4.74 Å². The van der Waals surface area contributed by atoms with E-state index in [9.17, 15) is 13.2 Å². The number of ether oxygens (including phenoxy) is 1. The molecule has 0 aliphatic heterocycles. The number of nitrogens with zero attached hydrogens (tertiary/aromatic N) is 2. The Morgan fingerprint density at radius 1 is 0.914 bits per heavy atom. The van der Waals surface area contributed by atoms with Gasteiger partial charge in [0.1, 0.15) is 5.01 Å². The molecular weight excluding hydrogens is 480 g/mol. The first-order chi connectivity index (χ1) is 17.0. The van der Waals surface area contributed by atoms with Gasteiger partial charge in [-0.3, -0.25) is 4.79 Å². The van der Waals surface area contributed by atoms with Gasteiger partial charge < -0.3 is 4.74 Å². The minimum Gasteiger partial charge on any atom is -0.469 e. The number of rotatable bonds is 10. The zero-order valence-electron chi connectivity index (χ0n) is 19.3. The largest absolute Gasteiger partial charge is 0.469 e. The number of esters is 1. The number of hydrogen-bond donors (Lipinski definition) is 0. The first-order valence-corrected chi connectivity index (χ1v) is 13.5. The molecule has 6 nitrogen and oxygen atoms in total. The minimum atomic E-state index is -3.74. The quantitative estimate of drug-likeness (QED) is 0.273. The maximum atomic E-state index is 13.6. The van der Waals surface area contributed by atoms with Crippen molar-refractivity contribution in [3.63, 3.8) is 0 Å². The van der Waals surface area contributed by atoms with E-state index in [2.05, 4.69) is 4.98 Å². The summed E-state index contributed by atoms with van der Waals surface area (Å²) in [7, 11) is -2.37. The molecule has 3 aromatic carbocycles. The molecule has 0 saturated heterocycles. The van der Waals surface area contributed by atoms with Gasteiger partial charge in [-0.25, -0.2) is 13.4 Å². The zero-order chi connectivity index (χ0) is 24.7. The number of benzene rings is 3. The predicted octanol–water partition coefficient (Wildman–Crippen LogP) is 5.31. The van der Waals surface area contributed by atoms with Gasteiger partial charge in [0.2, 0.25) is 10.0 Å². The summed E-state index contributed by atoms with van der Waals surface area (Å²) in [5.74, 6) is -0.273. The van der Waals surface area contributed by atoms with E-state index < -0.39 is 10.0 Å². The van der Waals surface area contributed by atoms with Crippen LogP contribution in [0.15, 0.2) is 95.3 Å². The smallest absolute Gasteiger partial charge is 0.305 e. The van der Waals surface area contributed by atoms with Crippen molar-refractivity contribution in [1.82, 2.24) is 9.29 Å². The zero-order valence-corrected chi connectivity index (χ0v) is 21.0. The van der Waals surface area contributed by atoms with Crippen molar-refractivity contribution in [2.45, 2.75) is 30.8 Å². The van der Waals surface area contributed by atoms with Gasteiger partial charge in [-0.15, -0.1) is 11.3 Å². The number of sulfonamides is 1. The van der Waals surface area contributed by atoms with E-state index in [1.807, 2.05) is 53.9 Å². The highest BCUT2D eigenvalue weighted by Gasteiger charge is 2.25. The topological polar surface area (TPSA) is 76.6 Å². The van der Waals surface area contributed by atoms with Crippen molar-refractivity contribution in [3.8, 4) is 10.6 Å². The number of carbonyl (C=O) groups excluding carboxylic acids is 1. The summed E-state index contributed by atoms with van der Waals surface area (Å²) in [4.78, 5) is 16.1. The third-order valence-electron chi connectivity index (χ3n) is 5.57. The molecule has 35 heavy (non-hydrogen) atoms. The first-order valence-electron chi connectivity index (χ1n) is 11.1. The van der Waals surface area contributed by atoms with Gasteiger partial charge in [-0.2, -0.15) is 4.31 Å². The molecule has 0 bridgehead atoms. The van der Waals surface area contributed by atoms with Crippen molar-refractivity contribution in [2.75, 3.05) is 7.11 Å². The number of hydrogen-bond acceptors (Lipinski definition) is 6. The van der Waals surface area contributed by atoms with Gasteiger partial charge in [-0.05, 0) is 35.2 Å². The van der Waals surface area contributed by atoms with Crippen LogP contribution in [0.1, 0.15) is 23.1 Å². The SMILES string of the molecule is COC(=O)CCc1cccc(CN(Cc2ccc(-c3nccs3)cc2)S(=O)(=O)c2ccccc2)c1. The Labute approximate surface area is 209 Å². The molecule has 0 saturated carbocycles. The first kappa shape index (κ1) is 24.8. The molecule has 1 heterocycles. The summed E-state index contributed by atoms with van der Waals surface area (Å²) in [5.41, 5.74) is 3.69. The summed E-state index contributed by atoms with van der Waals surface area (Å²) >= 11 is 1.56. The van der Waals surface area contributed by atoms with Gasteiger partial charge >= 0.3 is 5.97 Å². The summed E-state index contributed by atoms with van der Waals surface area (Å²) in [6.45, 7) is 0.430. The Morgan fingerprint density at radius 2 is 1.63 bits per heavy atom. The molecule has 0 N–H and O–H groups in total. The van der Waals surface area contributed by atoms with E-state index in [0.29, 0.717) is 6.42 Å². The summed E-state index contributed by atoms with van der Waals surface area (Å²) in [6, 6.07) is 24.0. The van der Waals surface area contributed by atoms with Crippen LogP contribution in [0, 0.1) is 0 Å². The van der Waals surface area contributed by atoms with Crippen molar-refractivity contribution in [1.29, 1.82) is 0 Å². The molecular formula is C27H26N2O4S2. The maximum Gasteiger partial charge on any atom is 0.305 e. The minimum absolute atomic E-state index is 0.206. The fraction of sp³-hybridized carbons (Fsp3) is 0.185. The van der Waals surface area contributed by atoms with E-state index >= 15 is 0 Å². The lowest BCUT2D eigenvalue weighted by atomic mass is 10.1. The summed E-state index contributed by atoms with van der Waals surface area (Å²) < 4.78 is 33.4. The molecule has 0 unspecified atom stereocenters. The maximum absolute atomic E-state index is 13.6. The number of carbonyl (C=O) groups is 1. The Balaban J connectivity index is 1.59. The molecule has 4 rings (SSSR count). The van der Waals surface area contributed by atoms with Crippen molar-refractivity contribution >= 4 is 27.3 Å². The second kappa shape index (κ2) is 11.4. The third-order valence-corrected chi connectivity index (χ3v) is 8.20. The summed E-state index contributed by atoms with van der Waals surface area (Å²) in [6.07, 6.45) is 2.57. The fourth-order valence-corrected chi connectivity index (χ4v) is 5.81. The van der Waals surface area contributed by atoms with Crippen LogP contribution < -0.4 is 0 Å². The van der Waals surface area contributed by atoms with Crippen LogP contribution in [0.3, 0.4) is 0 Å². The highest BCUT2D eigenvalue weighted by Crippen LogP contribution is 2.25. The molecule has 0 atom stereocenters. The Morgan fingerprint density at radius 3 is 2.31 bits per heavy atom. The van der Waals surface area contributed by atoms with Crippen LogP contribution in [-0.4, -0.2) is 30.8 Å². The lowest BCUT2D eigenvalue weighted by Gasteiger charge is -2.23. The predicted molar refractivity (Wildman–Crippen MR) is 137 cm³/mol. The second-order valence-electron chi connectivity index (χ2n) is 8.02. The lowest BCUT2D eigenvalue weighted by Crippen LogP contribution is -2.30. The Bertz CT molecular complexity index is 1350. The van der Waals surface area contributed by atoms with Crippen LogP contribution in [0.25, 0.3) is 10.6 Å². The summed E-state index contributed by atoms with van der Waals surface area (Å²) in [5, 5.41) is 2.85. The van der Waals surface area contributed by atoms with Gasteiger partial charge in [0, 0.05) is 36.7 Å². The van der Waals surface area contributed by atoms with Gasteiger partial charge in [-0.1, -0.05) is 66.7 Å². The van der Waals surface area contributed by atoms with Crippen LogP contribution >= 0.6 is 11.3 Å². The number of methoxy groups -OCH3 is 1. The third kappa shape index (κ3) is 6.42. The van der Waals surface area contributed by atoms with E-state index in [1.165, 1.54) is 11.4 Å². The van der Waals surface area contributed by atoms with Crippen molar-refractivity contribution < 1.29 is 17.9 Å². The number of aryl methyl sites for hydroxylation is 1. The molecule has 8 heteroatoms. The monoisotopic (exact) mass is 506 g/mol. The van der Waals surface area contributed by atoms with Crippen molar-refractivity contribution in [2.24, 2.45) is 0 Å². The van der Waals surface area contributed by atoms with Crippen LogP contribution in [0.4, 0.5) is 0 Å². The van der Waals surface area contributed by atoms with Gasteiger partial charge in [0.15, 0.2) is 0 Å². The Kier molecular flexibility index (Phi) is 8.07. The fourth-order valence-electron chi connectivity index (χ4n) is 3.73. The van der Waals surface area contributed by atoms with Gasteiger partial charge in [0.05, 0.1) is 12.0 Å². The average molecular weight is 507 g/mol. The number of thiazole rings is 1. The van der Waals surface area contributed by atoms with Gasteiger partial charge in [0.25, 0.3) is 0 Å².